The number of phenols is 1. The predicted molar refractivity (Wildman–Crippen MR) is 119 cm³/mol. The Hall–Kier alpha value is -2.52. The zero-order chi connectivity index (χ0) is 23.4. The Morgan fingerprint density at radius 3 is 2.55 bits per heavy atom. The van der Waals surface area contributed by atoms with E-state index in [1.165, 1.54) is 14.0 Å². The highest BCUT2D eigenvalue weighted by molar-refractivity contribution is 5.77. The van der Waals surface area contributed by atoms with Gasteiger partial charge in [-0.3, -0.25) is 9.79 Å². The lowest BCUT2D eigenvalue weighted by atomic mass is 9.93. The second kappa shape index (κ2) is 13.7. The minimum atomic E-state index is -0.683. The van der Waals surface area contributed by atoms with Crippen LogP contribution >= 0.6 is 0 Å². The number of aliphatic hydroxyl groups is 2. The molecule has 0 aliphatic heterocycles. The number of rotatable bonds is 13. The molecule has 0 aliphatic carbocycles. The van der Waals surface area contributed by atoms with E-state index < -0.39 is 24.3 Å². The number of ether oxygens (including phenoxy) is 2. The standard InChI is InChI=1S/C22H37N3O6/c1-14(26)17(13-25-22(23)24-3)7-8-18(28)12-19(31-15(2)27)9-5-16-6-10-20(29)21(11-16)30-4/h6,10-11,14,17-19,26,28-29H,5,7-9,12-13H2,1-4H3,(H3,23,24,25)/t14-,17-,18-,19+/m0/s1. The fourth-order valence-electron chi connectivity index (χ4n) is 3.32. The van der Waals surface area contributed by atoms with Crippen LogP contribution in [0.15, 0.2) is 23.2 Å². The molecule has 0 aromatic heterocycles. The summed E-state index contributed by atoms with van der Waals surface area (Å²) < 4.78 is 10.5. The number of aromatic hydroxyl groups is 1. The van der Waals surface area contributed by atoms with E-state index >= 15 is 0 Å². The van der Waals surface area contributed by atoms with Gasteiger partial charge in [-0.2, -0.15) is 0 Å². The van der Waals surface area contributed by atoms with E-state index in [1.54, 1.807) is 32.2 Å². The molecule has 1 aromatic carbocycles. The maximum atomic E-state index is 11.5. The molecule has 0 spiro atoms. The topological polar surface area (TPSA) is 147 Å². The molecule has 6 N–H and O–H groups in total. The van der Waals surface area contributed by atoms with Gasteiger partial charge in [0, 0.05) is 32.9 Å². The predicted octanol–water partition coefficient (Wildman–Crippen LogP) is 1.33. The van der Waals surface area contributed by atoms with Crippen molar-refractivity contribution < 1.29 is 29.6 Å². The highest BCUT2D eigenvalue weighted by atomic mass is 16.5. The number of nitrogens with two attached hydrogens (primary N) is 1. The van der Waals surface area contributed by atoms with E-state index in [9.17, 15) is 20.1 Å². The van der Waals surface area contributed by atoms with E-state index in [0.717, 1.165) is 5.56 Å². The number of carbonyl (C=O) groups excluding carboxylic acids is 1. The molecule has 0 radical (unpaired) electrons. The number of aliphatic hydroxyl groups excluding tert-OH is 2. The van der Waals surface area contributed by atoms with Crippen LogP contribution in [0.5, 0.6) is 11.5 Å². The lowest BCUT2D eigenvalue weighted by molar-refractivity contribution is -0.148. The van der Waals surface area contributed by atoms with Crippen LogP contribution in [0.4, 0.5) is 0 Å². The molecular formula is C22H37N3O6. The highest BCUT2D eigenvalue weighted by Gasteiger charge is 2.21. The van der Waals surface area contributed by atoms with E-state index in [4.69, 9.17) is 15.2 Å². The lowest BCUT2D eigenvalue weighted by Crippen LogP contribution is -2.38. The number of nitrogens with zero attached hydrogens (tertiary/aromatic N) is 1. The van der Waals surface area contributed by atoms with Crippen LogP contribution in [0.1, 0.15) is 45.1 Å². The molecule has 0 amide bonds. The van der Waals surface area contributed by atoms with Crippen molar-refractivity contribution in [2.24, 2.45) is 16.6 Å². The van der Waals surface area contributed by atoms with Crippen molar-refractivity contribution in [2.75, 3.05) is 20.7 Å². The van der Waals surface area contributed by atoms with Gasteiger partial charge >= 0.3 is 5.97 Å². The summed E-state index contributed by atoms with van der Waals surface area (Å²) in [6.45, 7) is 3.49. The number of hydrogen-bond acceptors (Lipinski definition) is 7. The van der Waals surface area contributed by atoms with Gasteiger partial charge in [0.05, 0.1) is 19.3 Å². The Bertz CT molecular complexity index is 710. The number of benzene rings is 1. The van der Waals surface area contributed by atoms with Crippen LogP contribution < -0.4 is 15.8 Å². The summed E-state index contributed by atoms with van der Waals surface area (Å²) in [7, 11) is 3.06. The average molecular weight is 440 g/mol. The molecule has 176 valence electrons. The van der Waals surface area contributed by atoms with Crippen LogP contribution in [0.2, 0.25) is 0 Å². The monoisotopic (exact) mass is 439 g/mol. The number of methoxy groups -OCH3 is 1. The summed E-state index contributed by atoms with van der Waals surface area (Å²) in [6, 6.07) is 5.08. The van der Waals surface area contributed by atoms with Gasteiger partial charge in [0.1, 0.15) is 6.10 Å². The van der Waals surface area contributed by atoms with Crippen LogP contribution in [-0.2, 0) is 16.0 Å². The molecule has 1 rings (SSSR count). The molecule has 0 fully saturated rings. The maximum absolute atomic E-state index is 11.5. The highest BCUT2D eigenvalue weighted by Crippen LogP contribution is 2.27. The first-order chi connectivity index (χ1) is 14.7. The van der Waals surface area contributed by atoms with Gasteiger partial charge in [0.15, 0.2) is 17.5 Å². The molecule has 0 saturated carbocycles. The van der Waals surface area contributed by atoms with Gasteiger partial charge in [-0.05, 0) is 50.3 Å². The molecule has 1 aromatic rings. The number of aliphatic imine (C=N–C) groups is 1. The Labute approximate surface area is 184 Å². The second-order valence-corrected chi connectivity index (χ2v) is 7.73. The molecule has 0 heterocycles. The van der Waals surface area contributed by atoms with Gasteiger partial charge in [-0.1, -0.05) is 6.07 Å². The second-order valence-electron chi connectivity index (χ2n) is 7.73. The van der Waals surface area contributed by atoms with E-state index in [2.05, 4.69) is 10.3 Å². The molecule has 0 aliphatic rings. The normalized spacial score (nSPS) is 15.6. The molecule has 4 atom stereocenters. The minimum absolute atomic E-state index is 0.0623. The first kappa shape index (κ1) is 26.5. The summed E-state index contributed by atoms with van der Waals surface area (Å²) in [6.07, 6.45) is 0.740. The molecule has 0 unspecified atom stereocenters. The van der Waals surface area contributed by atoms with Crippen molar-refractivity contribution in [1.82, 2.24) is 5.32 Å². The quantitative estimate of drug-likeness (QED) is 0.176. The zero-order valence-electron chi connectivity index (χ0n) is 18.9. The molecule has 9 heteroatoms. The molecule has 0 saturated heterocycles. The van der Waals surface area contributed by atoms with Crippen LogP contribution in [-0.4, -0.2) is 66.3 Å². The van der Waals surface area contributed by atoms with Crippen LogP contribution in [0.25, 0.3) is 0 Å². The van der Waals surface area contributed by atoms with Crippen molar-refractivity contribution in [3.8, 4) is 11.5 Å². The summed E-state index contributed by atoms with van der Waals surface area (Å²) in [5.74, 6) is 0.236. The molecular weight excluding hydrogens is 402 g/mol. The van der Waals surface area contributed by atoms with Crippen molar-refractivity contribution in [1.29, 1.82) is 0 Å². The zero-order valence-corrected chi connectivity index (χ0v) is 18.9. The molecule has 31 heavy (non-hydrogen) atoms. The van der Waals surface area contributed by atoms with Gasteiger partial charge in [0.2, 0.25) is 0 Å². The first-order valence-corrected chi connectivity index (χ1v) is 10.5. The number of esters is 1. The van der Waals surface area contributed by atoms with Gasteiger partial charge in [-0.25, -0.2) is 0 Å². The van der Waals surface area contributed by atoms with Crippen molar-refractivity contribution in [2.45, 2.75) is 64.3 Å². The van der Waals surface area contributed by atoms with E-state index in [0.29, 0.717) is 50.4 Å². The first-order valence-electron chi connectivity index (χ1n) is 10.5. The third kappa shape index (κ3) is 10.4. The SMILES string of the molecule is CN=C(N)NC[C@H](CC[C@H](O)C[C@@H](CCc1ccc(O)c(OC)c1)OC(C)=O)[C@H](C)O. The number of guanidine groups is 1. The van der Waals surface area contributed by atoms with Crippen LogP contribution in [0, 0.1) is 5.92 Å². The number of nitrogens with one attached hydrogen (secondary N) is 1. The van der Waals surface area contributed by atoms with Gasteiger partial charge in [-0.15, -0.1) is 0 Å². The van der Waals surface area contributed by atoms with Crippen molar-refractivity contribution >= 4 is 11.9 Å². The lowest BCUT2D eigenvalue weighted by Gasteiger charge is -2.24. The number of aryl methyl sites for hydroxylation is 1. The largest absolute Gasteiger partial charge is 0.504 e. The van der Waals surface area contributed by atoms with Crippen molar-refractivity contribution in [3.63, 3.8) is 0 Å². The summed E-state index contributed by atoms with van der Waals surface area (Å²) in [5, 5.41) is 33.1. The van der Waals surface area contributed by atoms with Crippen LogP contribution in [0.3, 0.4) is 0 Å². The Morgan fingerprint density at radius 2 is 1.97 bits per heavy atom. The summed E-state index contributed by atoms with van der Waals surface area (Å²) in [5.41, 5.74) is 6.56. The number of hydrogen-bond donors (Lipinski definition) is 5. The van der Waals surface area contributed by atoms with E-state index in [1.807, 2.05) is 0 Å². The summed E-state index contributed by atoms with van der Waals surface area (Å²) >= 11 is 0. The van der Waals surface area contributed by atoms with Crippen molar-refractivity contribution in [3.05, 3.63) is 23.8 Å². The smallest absolute Gasteiger partial charge is 0.302 e. The van der Waals surface area contributed by atoms with Gasteiger partial charge in [0.25, 0.3) is 0 Å². The summed E-state index contributed by atoms with van der Waals surface area (Å²) in [4.78, 5) is 15.3. The number of carbonyl (C=O) groups is 1. The Balaban J connectivity index is 2.62. The number of phenolic OH excluding ortho intramolecular Hbond substituents is 1. The maximum Gasteiger partial charge on any atom is 0.302 e. The fraction of sp³-hybridized carbons (Fsp3) is 0.636. The third-order valence-electron chi connectivity index (χ3n) is 5.21. The Morgan fingerprint density at radius 1 is 1.26 bits per heavy atom. The minimum Gasteiger partial charge on any atom is -0.504 e. The van der Waals surface area contributed by atoms with E-state index in [-0.39, 0.29) is 11.7 Å². The third-order valence-corrected chi connectivity index (χ3v) is 5.21. The fourth-order valence-corrected chi connectivity index (χ4v) is 3.32. The Kier molecular flexibility index (Phi) is 11.7. The van der Waals surface area contributed by atoms with Gasteiger partial charge < -0.3 is 35.8 Å². The molecule has 9 nitrogen and oxygen atoms in total. The average Bonchev–Trinajstić information content (AvgIpc) is 2.71. The molecule has 0 bridgehead atoms.